The minimum absolute atomic E-state index is 0.602. The molecule has 2 aromatic rings. The van der Waals surface area contributed by atoms with Crippen LogP contribution in [-0.2, 0) is 11.3 Å². The van der Waals surface area contributed by atoms with Crippen molar-refractivity contribution in [2.45, 2.75) is 23.1 Å². The molecule has 0 aliphatic carbocycles. The van der Waals surface area contributed by atoms with Crippen LogP contribution in [0, 0.1) is 0 Å². The fourth-order valence-corrected chi connectivity index (χ4v) is 3.22. The van der Waals surface area contributed by atoms with Gasteiger partial charge in [-0.1, -0.05) is 41.2 Å². The summed E-state index contributed by atoms with van der Waals surface area (Å²) in [6.07, 6.45) is 2.77. The van der Waals surface area contributed by atoms with E-state index in [1.165, 1.54) is 20.9 Å². The van der Waals surface area contributed by atoms with E-state index in [-0.39, 0.29) is 0 Å². The lowest BCUT2D eigenvalue weighted by Gasteiger charge is -2.18. The number of oxime groups is 1. The van der Waals surface area contributed by atoms with E-state index in [4.69, 9.17) is 4.84 Å². The predicted octanol–water partition coefficient (Wildman–Crippen LogP) is 4.11. The van der Waals surface area contributed by atoms with E-state index < -0.39 is 0 Å². The number of hydrogen-bond acceptors (Lipinski definition) is 3. The standard InChI is InChI=1S/C16H15NOS/c1-2-18-17-11-12-7-8-16-14(9-12)10-13-5-3-4-6-15(13)19-16/h3-9,11H,2,10H2,1H3/b17-11+. The Labute approximate surface area is 117 Å². The molecule has 0 saturated heterocycles. The molecule has 0 unspecified atom stereocenters. The Morgan fingerprint density at radius 3 is 2.89 bits per heavy atom. The number of nitrogens with zero attached hydrogens (tertiary/aromatic N) is 1. The van der Waals surface area contributed by atoms with Crippen molar-refractivity contribution in [2.24, 2.45) is 5.16 Å². The summed E-state index contributed by atoms with van der Waals surface area (Å²) in [7, 11) is 0. The van der Waals surface area contributed by atoms with E-state index in [0.717, 1.165) is 12.0 Å². The molecule has 0 spiro atoms. The first kappa shape index (κ1) is 12.3. The van der Waals surface area contributed by atoms with Gasteiger partial charge in [0.25, 0.3) is 0 Å². The van der Waals surface area contributed by atoms with Crippen molar-refractivity contribution in [3.05, 3.63) is 59.2 Å². The second-order valence-corrected chi connectivity index (χ2v) is 5.49. The Kier molecular flexibility index (Phi) is 3.56. The molecule has 2 aromatic carbocycles. The third-order valence-corrected chi connectivity index (χ3v) is 4.30. The van der Waals surface area contributed by atoms with Crippen LogP contribution in [0.1, 0.15) is 23.6 Å². The fraction of sp³-hybridized carbons (Fsp3) is 0.188. The van der Waals surface area contributed by atoms with Crippen molar-refractivity contribution in [3.63, 3.8) is 0 Å². The molecule has 0 radical (unpaired) electrons. The molecular formula is C16H15NOS. The molecule has 0 saturated carbocycles. The maximum Gasteiger partial charge on any atom is 0.114 e. The second kappa shape index (κ2) is 5.49. The molecule has 0 aromatic heterocycles. The zero-order valence-electron chi connectivity index (χ0n) is 10.8. The summed E-state index contributed by atoms with van der Waals surface area (Å²) in [4.78, 5) is 7.71. The van der Waals surface area contributed by atoms with E-state index in [9.17, 15) is 0 Å². The van der Waals surface area contributed by atoms with Gasteiger partial charge in [0.1, 0.15) is 6.61 Å². The minimum atomic E-state index is 0.602. The summed E-state index contributed by atoms with van der Waals surface area (Å²) >= 11 is 1.84. The third kappa shape index (κ3) is 2.66. The van der Waals surface area contributed by atoms with Crippen LogP contribution in [0.2, 0.25) is 0 Å². The molecule has 0 atom stereocenters. The van der Waals surface area contributed by atoms with E-state index >= 15 is 0 Å². The van der Waals surface area contributed by atoms with Crippen molar-refractivity contribution in [2.75, 3.05) is 6.61 Å². The van der Waals surface area contributed by atoms with Gasteiger partial charge < -0.3 is 4.84 Å². The fourth-order valence-electron chi connectivity index (χ4n) is 2.16. The summed E-state index contributed by atoms with van der Waals surface area (Å²) in [6, 6.07) is 15.0. The summed E-state index contributed by atoms with van der Waals surface area (Å²) in [5.74, 6) is 0. The first-order chi connectivity index (χ1) is 9.36. The summed E-state index contributed by atoms with van der Waals surface area (Å²) in [5.41, 5.74) is 3.86. The zero-order valence-corrected chi connectivity index (χ0v) is 11.6. The van der Waals surface area contributed by atoms with Crippen molar-refractivity contribution in [3.8, 4) is 0 Å². The van der Waals surface area contributed by atoms with E-state index in [1.54, 1.807) is 6.21 Å². The lowest BCUT2D eigenvalue weighted by Crippen LogP contribution is -2.00. The zero-order chi connectivity index (χ0) is 13.1. The maximum atomic E-state index is 5.00. The highest BCUT2D eigenvalue weighted by atomic mass is 32.2. The highest BCUT2D eigenvalue weighted by Gasteiger charge is 2.15. The molecule has 3 heteroatoms. The minimum Gasteiger partial charge on any atom is -0.396 e. The van der Waals surface area contributed by atoms with Crippen LogP contribution in [0.25, 0.3) is 0 Å². The Morgan fingerprint density at radius 2 is 2.00 bits per heavy atom. The highest BCUT2D eigenvalue weighted by Crippen LogP contribution is 2.39. The Balaban J connectivity index is 1.87. The molecule has 0 N–H and O–H groups in total. The van der Waals surface area contributed by atoms with Crippen LogP contribution in [0.4, 0.5) is 0 Å². The van der Waals surface area contributed by atoms with E-state index in [2.05, 4.69) is 47.6 Å². The quantitative estimate of drug-likeness (QED) is 0.527. The second-order valence-electron chi connectivity index (χ2n) is 4.41. The molecule has 96 valence electrons. The topological polar surface area (TPSA) is 21.6 Å². The normalized spacial score (nSPS) is 13.1. The van der Waals surface area contributed by atoms with Crippen LogP contribution in [0.3, 0.4) is 0 Å². The van der Waals surface area contributed by atoms with Gasteiger partial charge in [-0.15, -0.1) is 0 Å². The van der Waals surface area contributed by atoms with Crippen molar-refractivity contribution in [1.29, 1.82) is 0 Å². The van der Waals surface area contributed by atoms with Crippen LogP contribution in [0.5, 0.6) is 0 Å². The van der Waals surface area contributed by atoms with Crippen LogP contribution < -0.4 is 0 Å². The van der Waals surface area contributed by atoms with Gasteiger partial charge in [0.2, 0.25) is 0 Å². The molecule has 2 nitrogen and oxygen atoms in total. The first-order valence-corrected chi connectivity index (χ1v) is 7.22. The van der Waals surface area contributed by atoms with E-state index in [0.29, 0.717) is 6.61 Å². The van der Waals surface area contributed by atoms with Gasteiger partial charge in [0, 0.05) is 9.79 Å². The average Bonchev–Trinajstić information content (AvgIpc) is 2.45. The van der Waals surface area contributed by atoms with Crippen molar-refractivity contribution in [1.82, 2.24) is 0 Å². The largest absolute Gasteiger partial charge is 0.396 e. The lowest BCUT2D eigenvalue weighted by atomic mass is 10.0. The molecule has 19 heavy (non-hydrogen) atoms. The van der Waals surface area contributed by atoms with Gasteiger partial charge in [-0.2, -0.15) is 0 Å². The van der Waals surface area contributed by atoms with Gasteiger partial charge in [0.05, 0.1) is 6.21 Å². The molecule has 3 rings (SSSR count). The molecule has 1 aliphatic heterocycles. The number of benzene rings is 2. The molecule has 1 aliphatic rings. The van der Waals surface area contributed by atoms with Gasteiger partial charge in [-0.05, 0) is 48.2 Å². The lowest BCUT2D eigenvalue weighted by molar-refractivity contribution is 0.160. The molecular weight excluding hydrogens is 254 g/mol. The smallest absolute Gasteiger partial charge is 0.114 e. The Morgan fingerprint density at radius 1 is 1.16 bits per heavy atom. The monoisotopic (exact) mass is 269 g/mol. The summed E-state index contributed by atoms with van der Waals surface area (Å²) < 4.78 is 0. The maximum absolute atomic E-state index is 5.00. The van der Waals surface area contributed by atoms with Gasteiger partial charge in [-0.25, -0.2) is 0 Å². The number of fused-ring (bicyclic) bond motifs is 2. The SMILES string of the molecule is CCO/N=C/c1ccc2c(c1)Cc1ccccc1S2. The van der Waals surface area contributed by atoms with Crippen LogP contribution in [-0.4, -0.2) is 12.8 Å². The van der Waals surface area contributed by atoms with Gasteiger partial charge in [0.15, 0.2) is 0 Å². The predicted molar refractivity (Wildman–Crippen MR) is 79.0 cm³/mol. The summed E-state index contributed by atoms with van der Waals surface area (Å²) in [5, 5.41) is 3.92. The molecule has 0 fully saturated rings. The average molecular weight is 269 g/mol. The van der Waals surface area contributed by atoms with Crippen molar-refractivity contribution >= 4 is 18.0 Å². The summed E-state index contributed by atoms with van der Waals surface area (Å²) in [6.45, 7) is 2.53. The molecule has 1 heterocycles. The highest BCUT2D eigenvalue weighted by molar-refractivity contribution is 7.99. The van der Waals surface area contributed by atoms with E-state index in [1.807, 2.05) is 18.7 Å². The van der Waals surface area contributed by atoms with Gasteiger partial charge in [-0.3, -0.25) is 0 Å². The first-order valence-electron chi connectivity index (χ1n) is 6.41. The number of hydrogen-bond donors (Lipinski definition) is 0. The van der Waals surface area contributed by atoms with Gasteiger partial charge >= 0.3 is 0 Å². The molecule has 0 bridgehead atoms. The Hall–Kier alpha value is -1.74. The molecule has 0 amide bonds. The van der Waals surface area contributed by atoms with Crippen LogP contribution in [0.15, 0.2) is 57.4 Å². The third-order valence-electron chi connectivity index (χ3n) is 3.06. The number of rotatable bonds is 3. The Bertz CT molecular complexity index is 622. The van der Waals surface area contributed by atoms with Crippen molar-refractivity contribution < 1.29 is 4.84 Å². The van der Waals surface area contributed by atoms with Crippen LogP contribution >= 0.6 is 11.8 Å².